The summed E-state index contributed by atoms with van der Waals surface area (Å²) < 4.78 is 2.15. The maximum absolute atomic E-state index is 12.4. The molecule has 0 aliphatic heterocycles. The van der Waals surface area contributed by atoms with Crippen LogP contribution in [0.2, 0.25) is 0 Å². The number of carbonyl (C=O) groups excluding carboxylic acids is 2. The molecule has 0 unspecified atom stereocenters. The van der Waals surface area contributed by atoms with Crippen LogP contribution in [0.5, 0.6) is 0 Å². The number of hydrogen-bond acceptors (Lipinski definition) is 6. The highest BCUT2D eigenvalue weighted by Crippen LogP contribution is 2.29. The number of fused-ring (bicyclic) bond motifs is 3. The minimum atomic E-state index is -0.353. The van der Waals surface area contributed by atoms with Gasteiger partial charge in [-0.15, -0.1) is 22.8 Å². The lowest BCUT2D eigenvalue weighted by molar-refractivity contribution is -0.128. The van der Waals surface area contributed by atoms with Crippen LogP contribution in [0.4, 0.5) is 0 Å². The number of hydrogen-bond donors (Lipinski definition) is 4. The first kappa shape index (κ1) is 22.0. The number of nitrogens with one attached hydrogen (secondary N) is 4. The van der Waals surface area contributed by atoms with Gasteiger partial charge < -0.3 is 4.57 Å². The van der Waals surface area contributed by atoms with E-state index in [0.29, 0.717) is 24.6 Å². The topological polar surface area (TPSA) is 106 Å². The average molecular weight is 434 g/mol. The van der Waals surface area contributed by atoms with Crippen LogP contribution in [-0.2, 0) is 21.0 Å². The number of halogens is 1. The Balaban J connectivity index is 1.58. The molecule has 2 aromatic carbocycles. The summed E-state index contributed by atoms with van der Waals surface area (Å²) in [7, 11) is 0. The lowest BCUT2D eigenvalue weighted by atomic mass is 10.1. The minimum absolute atomic E-state index is 0.0604. The average Bonchev–Trinajstić information content (AvgIpc) is 3.07. The maximum Gasteiger partial charge on any atom is 0.267 e. The van der Waals surface area contributed by atoms with Crippen molar-refractivity contribution in [1.82, 2.24) is 26.6 Å². The number of aryl methyl sites for hydroxylation is 1. The molecule has 3 aromatic rings. The summed E-state index contributed by atoms with van der Waals surface area (Å²) in [5, 5.41) is 2.03. The molecule has 0 fully saturated rings. The van der Waals surface area contributed by atoms with Crippen molar-refractivity contribution in [3.8, 4) is 0 Å². The number of benzene rings is 2. The van der Waals surface area contributed by atoms with Crippen molar-refractivity contribution in [2.24, 2.45) is 0 Å². The van der Waals surface area contributed by atoms with Gasteiger partial charge in [-0.3, -0.25) is 30.1 Å². The molecule has 1 heterocycles. The summed E-state index contributed by atoms with van der Waals surface area (Å²) in [4.78, 5) is 33.7. The molecule has 0 spiro atoms. The molecular formula is C20H24ClN5O4. The van der Waals surface area contributed by atoms with E-state index in [-0.39, 0.29) is 24.8 Å². The maximum atomic E-state index is 12.4. The standard InChI is InChI=1S/C20H24ClN5O4/c1-2-29-24-22-19(27)9-12-30-25-23-20(28)14-7-8-18-16(13-14)15-5-3-4-6-17(15)26(18)11-10-21/h3-8,13,24-25H,2,9-12H2,1H3,(H,22,27)(H,23,28). The second-order valence-electron chi connectivity index (χ2n) is 6.33. The fraction of sp³-hybridized carbons (Fsp3) is 0.300. The van der Waals surface area contributed by atoms with Crippen molar-refractivity contribution in [1.29, 1.82) is 0 Å². The van der Waals surface area contributed by atoms with Gasteiger partial charge in [-0.1, -0.05) is 18.2 Å². The van der Waals surface area contributed by atoms with Crippen LogP contribution in [0.3, 0.4) is 0 Å². The van der Waals surface area contributed by atoms with Gasteiger partial charge >= 0.3 is 0 Å². The number of para-hydroxylation sites is 1. The lowest BCUT2D eigenvalue weighted by Crippen LogP contribution is -2.40. The first-order chi connectivity index (χ1) is 14.7. The normalized spacial score (nSPS) is 11.1. The number of amides is 2. The molecule has 160 valence electrons. The molecule has 3 rings (SSSR count). The minimum Gasteiger partial charge on any atom is -0.339 e. The zero-order valence-corrected chi connectivity index (χ0v) is 17.3. The number of rotatable bonds is 11. The predicted octanol–water partition coefficient (Wildman–Crippen LogP) is 2.16. The Morgan fingerprint density at radius 3 is 2.57 bits per heavy atom. The van der Waals surface area contributed by atoms with Crippen LogP contribution in [0.25, 0.3) is 21.8 Å². The Morgan fingerprint density at radius 2 is 1.77 bits per heavy atom. The molecule has 10 heteroatoms. The molecule has 0 atom stereocenters. The lowest BCUT2D eigenvalue weighted by Gasteiger charge is -2.09. The van der Waals surface area contributed by atoms with E-state index >= 15 is 0 Å². The van der Waals surface area contributed by atoms with E-state index < -0.39 is 0 Å². The second kappa shape index (κ2) is 10.9. The first-order valence-corrected chi connectivity index (χ1v) is 10.1. The van der Waals surface area contributed by atoms with E-state index in [1.807, 2.05) is 36.4 Å². The van der Waals surface area contributed by atoms with Crippen LogP contribution in [0, 0.1) is 0 Å². The van der Waals surface area contributed by atoms with Gasteiger partial charge in [-0.05, 0) is 31.2 Å². The van der Waals surface area contributed by atoms with Crippen LogP contribution in [0.1, 0.15) is 23.7 Å². The summed E-state index contributed by atoms with van der Waals surface area (Å²) in [5.41, 5.74) is 12.0. The summed E-state index contributed by atoms with van der Waals surface area (Å²) >= 11 is 5.97. The molecule has 0 saturated heterocycles. The molecule has 0 saturated carbocycles. The Kier molecular flexibility index (Phi) is 8.00. The molecule has 0 aliphatic carbocycles. The van der Waals surface area contributed by atoms with Gasteiger partial charge in [0.05, 0.1) is 19.6 Å². The SMILES string of the molecule is CCONNC(=O)CCONNC(=O)c1ccc2c(c1)c1ccccc1n2CCCl. The van der Waals surface area contributed by atoms with Crippen molar-refractivity contribution in [2.45, 2.75) is 19.9 Å². The van der Waals surface area contributed by atoms with Crippen molar-refractivity contribution in [3.63, 3.8) is 0 Å². The highest BCUT2D eigenvalue weighted by atomic mass is 35.5. The zero-order chi connectivity index (χ0) is 21.3. The summed E-state index contributed by atoms with van der Waals surface area (Å²) in [6.07, 6.45) is 0.0784. The van der Waals surface area contributed by atoms with E-state index in [1.165, 1.54) is 0 Å². The van der Waals surface area contributed by atoms with Crippen molar-refractivity contribution >= 4 is 45.2 Å². The van der Waals surface area contributed by atoms with Gasteiger partial charge in [0.2, 0.25) is 5.91 Å². The fourth-order valence-electron chi connectivity index (χ4n) is 3.10. The third-order valence-corrected chi connectivity index (χ3v) is 4.59. The Bertz CT molecular complexity index is 1020. The van der Waals surface area contributed by atoms with Gasteiger partial charge in [0.1, 0.15) is 0 Å². The van der Waals surface area contributed by atoms with Crippen LogP contribution in [-0.4, -0.2) is 35.5 Å². The molecule has 1 aromatic heterocycles. The molecule has 4 N–H and O–H groups in total. The third kappa shape index (κ3) is 5.26. The van der Waals surface area contributed by atoms with E-state index in [0.717, 1.165) is 21.8 Å². The van der Waals surface area contributed by atoms with Crippen molar-refractivity contribution in [3.05, 3.63) is 48.0 Å². The van der Waals surface area contributed by atoms with Crippen LogP contribution in [0.15, 0.2) is 42.5 Å². The number of nitrogens with zero attached hydrogens (tertiary/aromatic N) is 1. The Hall–Kier alpha value is -2.69. The molecule has 0 bridgehead atoms. The number of alkyl halides is 1. The molecule has 0 aliphatic rings. The summed E-state index contributed by atoms with van der Waals surface area (Å²) in [6, 6.07) is 13.5. The largest absolute Gasteiger partial charge is 0.339 e. The number of carbonyl (C=O) groups is 2. The van der Waals surface area contributed by atoms with Gasteiger partial charge in [0.15, 0.2) is 0 Å². The Morgan fingerprint density at radius 1 is 1.00 bits per heavy atom. The summed E-state index contributed by atoms with van der Waals surface area (Å²) in [6.45, 7) is 2.94. The van der Waals surface area contributed by atoms with Crippen LogP contribution < -0.4 is 22.0 Å². The molecule has 2 amide bonds. The van der Waals surface area contributed by atoms with E-state index in [2.05, 4.69) is 26.6 Å². The monoisotopic (exact) mass is 433 g/mol. The van der Waals surface area contributed by atoms with Crippen molar-refractivity contribution in [2.75, 3.05) is 19.1 Å². The van der Waals surface area contributed by atoms with Gasteiger partial charge in [0, 0.05) is 39.8 Å². The molecule has 30 heavy (non-hydrogen) atoms. The predicted molar refractivity (Wildman–Crippen MR) is 114 cm³/mol. The van der Waals surface area contributed by atoms with Crippen molar-refractivity contribution < 1.29 is 19.3 Å². The number of aromatic nitrogens is 1. The van der Waals surface area contributed by atoms with E-state index in [1.54, 1.807) is 13.0 Å². The second-order valence-corrected chi connectivity index (χ2v) is 6.71. The quantitative estimate of drug-likeness (QED) is 0.210. The Labute approximate surface area is 178 Å². The molecule has 9 nitrogen and oxygen atoms in total. The van der Waals surface area contributed by atoms with Gasteiger partial charge in [-0.2, -0.15) is 0 Å². The highest BCUT2D eigenvalue weighted by Gasteiger charge is 2.13. The zero-order valence-electron chi connectivity index (χ0n) is 16.5. The highest BCUT2D eigenvalue weighted by molar-refractivity contribution is 6.18. The molecule has 0 radical (unpaired) electrons. The fourth-order valence-corrected chi connectivity index (χ4v) is 3.27. The summed E-state index contributed by atoms with van der Waals surface area (Å²) in [5.74, 6) is -0.166. The molecular weight excluding hydrogens is 410 g/mol. The van der Waals surface area contributed by atoms with Gasteiger partial charge in [-0.25, -0.2) is 0 Å². The van der Waals surface area contributed by atoms with E-state index in [9.17, 15) is 9.59 Å². The number of hydrazine groups is 2. The van der Waals surface area contributed by atoms with Crippen LogP contribution >= 0.6 is 11.6 Å². The third-order valence-electron chi connectivity index (χ3n) is 4.42. The van der Waals surface area contributed by atoms with E-state index in [4.69, 9.17) is 21.3 Å². The smallest absolute Gasteiger partial charge is 0.267 e. The van der Waals surface area contributed by atoms with Gasteiger partial charge in [0.25, 0.3) is 5.91 Å². The first-order valence-electron chi connectivity index (χ1n) is 9.55.